The number of benzene rings is 1. The number of carbonyl (C=O) groups excluding carboxylic acids is 1. The second kappa shape index (κ2) is 9.61. The average molecular weight is 457 g/mol. The summed E-state index contributed by atoms with van der Waals surface area (Å²) in [6.07, 6.45) is 8.70. The Morgan fingerprint density at radius 3 is 2.79 bits per heavy atom. The minimum absolute atomic E-state index is 0.461. The first-order chi connectivity index (χ1) is 16.7. The number of piperidine rings is 1. The fourth-order valence-corrected chi connectivity index (χ4v) is 4.61. The molecule has 0 radical (unpaired) electrons. The largest absolute Gasteiger partial charge is 0.495 e. The number of hydrogen-bond acceptors (Lipinski definition) is 7. The summed E-state index contributed by atoms with van der Waals surface area (Å²) in [4.78, 5) is 26.8. The maximum atomic E-state index is 10.8. The fraction of sp³-hybridized carbons (Fsp3) is 0.308. The van der Waals surface area contributed by atoms with Crippen LogP contribution in [0.1, 0.15) is 29.9 Å². The van der Waals surface area contributed by atoms with E-state index in [-0.39, 0.29) is 0 Å². The highest BCUT2D eigenvalue weighted by Gasteiger charge is 2.21. The van der Waals surface area contributed by atoms with Crippen molar-refractivity contribution in [1.29, 1.82) is 0 Å². The fourth-order valence-electron chi connectivity index (χ4n) is 4.61. The number of hydrogen-bond donors (Lipinski definition) is 1. The number of ether oxygens (including phenoxy) is 1. The molecule has 1 saturated heterocycles. The van der Waals surface area contributed by atoms with Gasteiger partial charge < -0.3 is 14.8 Å². The van der Waals surface area contributed by atoms with Crippen molar-refractivity contribution < 1.29 is 9.53 Å². The minimum Gasteiger partial charge on any atom is -0.495 e. The van der Waals surface area contributed by atoms with Crippen molar-refractivity contribution >= 4 is 23.6 Å². The lowest BCUT2D eigenvalue weighted by molar-refractivity contribution is -0.109. The third-order valence-electron chi connectivity index (χ3n) is 6.50. The second-order valence-electron chi connectivity index (χ2n) is 8.62. The monoisotopic (exact) mass is 456 g/mol. The van der Waals surface area contributed by atoms with E-state index < -0.39 is 0 Å². The van der Waals surface area contributed by atoms with Gasteiger partial charge in [0, 0.05) is 12.4 Å². The van der Waals surface area contributed by atoms with E-state index in [2.05, 4.69) is 32.3 Å². The van der Waals surface area contributed by atoms with E-state index >= 15 is 0 Å². The zero-order valence-corrected chi connectivity index (χ0v) is 19.4. The van der Waals surface area contributed by atoms with E-state index in [1.807, 2.05) is 54.2 Å². The number of carbonyl (C=O) groups is 1. The van der Waals surface area contributed by atoms with Gasteiger partial charge in [-0.3, -0.25) is 9.30 Å². The molecule has 8 heteroatoms. The van der Waals surface area contributed by atoms with Crippen LogP contribution in [0.15, 0.2) is 55.0 Å². The van der Waals surface area contributed by atoms with E-state index in [9.17, 15) is 4.79 Å². The Labute approximate surface area is 198 Å². The molecular weight excluding hydrogens is 428 g/mol. The van der Waals surface area contributed by atoms with E-state index in [0.29, 0.717) is 18.4 Å². The van der Waals surface area contributed by atoms with Crippen LogP contribution >= 0.6 is 0 Å². The van der Waals surface area contributed by atoms with Crippen LogP contribution in [0.3, 0.4) is 0 Å². The van der Waals surface area contributed by atoms with Gasteiger partial charge in [-0.2, -0.15) is 0 Å². The van der Waals surface area contributed by atoms with Crippen LogP contribution < -0.4 is 10.1 Å². The molecule has 34 heavy (non-hydrogen) atoms. The van der Waals surface area contributed by atoms with Crippen molar-refractivity contribution in [2.24, 2.45) is 0 Å². The number of likely N-dealkylation sites (tertiary alicyclic amines) is 1. The number of nitrogens with zero attached hydrogens (tertiary/aromatic N) is 5. The molecule has 8 nitrogen and oxygen atoms in total. The van der Waals surface area contributed by atoms with Crippen LogP contribution in [0, 0.1) is 6.92 Å². The van der Waals surface area contributed by atoms with Crippen LogP contribution in [-0.2, 0) is 4.79 Å². The Morgan fingerprint density at radius 1 is 1.15 bits per heavy atom. The Balaban J connectivity index is 1.38. The Kier molecular flexibility index (Phi) is 6.22. The molecule has 3 aromatic heterocycles. The molecule has 0 aliphatic carbocycles. The third-order valence-corrected chi connectivity index (χ3v) is 6.50. The first-order valence-electron chi connectivity index (χ1n) is 11.5. The second-order valence-corrected chi connectivity index (χ2v) is 8.62. The molecule has 0 unspecified atom stereocenters. The molecule has 1 N–H and O–H groups in total. The van der Waals surface area contributed by atoms with Gasteiger partial charge in [0.1, 0.15) is 17.7 Å². The normalized spacial score (nSPS) is 14.9. The Morgan fingerprint density at radius 2 is 2.00 bits per heavy atom. The first kappa shape index (κ1) is 22.0. The maximum absolute atomic E-state index is 10.8. The Bertz CT molecular complexity index is 1310. The Hall–Kier alpha value is -3.78. The summed E-state index contributed by atoms with van der Waals surface area (Å²) in [5.74, 6) is 1.72. The number of anilines is 2. The number of aryl methyl sites for hydroxylation is 1. The van der Waals surface area contributed by atoms with Crippen molar-refractivity contribution in [2.45, 2.75) is 25.7 Å². The zero-order chi connectivity index (χ0) is 23.5. The lowest BCUT2D eigenvalue weighted by Gasteiger charge is -2.31. The zero-order valence-electron chi connectivity index (χ0n) is 19.4. The van der Waals surface area contributed by atoms with Crippen molar-refractivity contribution in [3.05, 3.63) is 66.1 Å². The van der Waals surface area contributed by atoms with Crippen LogP contribution in [0.2, 0.25) is 0 Å². The smallest absolute Gasteiger partial charge is 0.227 e. The molecule has 1 aromatic carbocycles. The molecule has 5 rings (SSSR count). The summed E-state index contributed by atoms with van der Waals surface area (Å²) in [5.41, 5.74) is 5.66. The van der Waals surface area contributed by atoms with E-state index in [1.54, 1.807) is 7.11 Å². The first-order valence-corrected chi connectivity index (χ1v) is 11.5. The van der Waals surface area contributed by atoms with E-state index in [0.717, 1.165) is 66.3 Å². The summed E-state index contributed by atoms with van der Waals surface area (Å²) in [6.45, 7) is 4.40. The van der Waals surface area contributed by atoms with Gasteiger partial charge in [-0.15, -0.1) is 0 Å². The number of fused-ring (bicyclic) bond motifs is 1. The summed E-state index contributed by atoms with van der Waals surface area (Å²) in [7, 11) is 1.68. The number of nitrogens with one attached hydrogen (secondary N) is 1. The number of rotatable bonds is 7. The molecule has 0 saturated carbocycles. The van der Waals surface area contributed by atoms with Crippen LogP contribution in [0.25, 0.3) is 17.0 Å². The van der Waals surface area contributed by atoms with Crippen LogP contribution in [0.5, 0.6) is 5.75 Å². The molecule has 0 bridgehead atoms. The van der Waals surface area contributed by atoms with Crippen molar-refractivity contribution in [3.8, 4) is 17.1 Å². The third kappa shape index (κ3) is 4.36. The van der Waals surface area contributed by atoms with Gasteiger partial charge in [-0.25, -0.2) is 15.0 Å². The SMILES string of the molecule is COc1cc(C2CCN(CC=O)CC2)ccc1Nc1ncc(C)c(-c2cnc3ccccn23)n1. The van der Waals surface area contributed by atoms with E-state index in [4.69, 9.17) is 9.72 Å². The lowest BCUT2D eigenvalue weighted by atomic mass is 9.89. The molecule has 0 amide bonds. The van der Waals surface area contributed by atoms with Gasteiger partial charge in [-0.05, 0) is 74.2 Å². The summed E-state index contributed by atoms with van der Waals surface area (Å²) < 4.78 is 7.73. The summed E-state index contributed by atoms with van der Waals surface area (Å²) in [6, 6.07) is 12.2. The van der Waals surface area contributed by atoms with Gasteiger partial charge in [0.05, 0.1) is 36.9 Å². The lowest BCUT2D eigenvalue weighted by Crippen LogP contribution is -2.34. The quantitative estimate of drug-likeness (QED) is 0.417. The van der Waals surface area contributed by atoms with Gasteiger partial charge in [-0.1, -0.05) is 12.1 Å². The average Bonchev–Trinajstić information content (AvgIpc) is 3.30. The molecule has 4 heterocycles. The van der Waals surface area contributed by atoms with Crippen molar-refractivity contribution in [2.75, 3.05) is 32.1 Å². The molecule has 1 aliphatic rings. The minimum atomic E-state index is 0.461. The van der Waals surface area contributed by atoms with Gasteiger partial charge in [0.2, 0.25) is 5.95 Å². The van der Waals surface area contributed by atoms with Crippen molar-refractivity contribution in [3.63, 3.8) is 0 Å². The standard InChI is InChI=1S/C26H28N6O2/c1-18-16-28-26(30-25(18)22-17-27-24-5-3-4-10-32(22)24)29-21-7-6-20(15-23(21)34-2)19-8-11-31(12-9-19)13-14-33/h3-7,10,14-17,19H,8-9,11-13H2,1-2H3,(H,28,29,30). The molecule has 174 valence electrons. The van der Waals surface area contributed by atoms with Crippen molar-refractivity contribution in [1.82, 2.24) is 24.3 Å². The van der Waals surface area contributed by atoms with Crippen LogP contribution in [-0.4, -0.2) is 57.3 Å². The van der Waals surface area contributed by atoms with E-state index in [1.165, 1.54) is 5.56 Å². The molecule has 0 spiro atoms. The van der Waals surface area contributed by atoms with Gasteiger partial charge in [0.25, 0.3) is 0 Å². The van der Waals surface area contributed by atoms with Crippen LogP contribution in [0.4, 0.5) is 11.6 Å². The summed E-state index contributed by atoms with van der Waals surface area (Å²) >= 11 is 0. The number of pyridine rings is 1. The number of methoxy groups -OCH3 is 1. The molecule has 4 aromatic rings. The summed E-state index contributed by atoms with van der Waals surface area (Å²) in [5, 5.41) is 3.33. The number of aldehydes is 1. The molecule has 1 fully saturated rings. The highest BCUT2D eigenvalue weighted by molar-refractivity contribution is 5.67. The molecule has 1 aliphatic heterocycles. The predicted molar refractivity (Wildman–Crippen MR) is 132 cm³/mol. The molecular formula is C26H28N6O2. The number of aromatic nitrogens is 4. The highest BCUT2D eigenvalue weighted by Crippen LogP contribution is 2.35. The topological polar surface area (TPSA) is 84.6 Å². The van der Waals surface area contributed by atoms with Gasteiger partial charge >= 0.3 is 0 Å². The molecule has 0 atom stereocenters. The highest BCUT2D eigenvalue weighted by atomic mass is 16.5. The maximum Gasteiger partial charge on any atom is 0.227 e. The van der Waals surface area contributed by atoms with Gasteiger partial charge in [0.15, 0.2) is 0 Å². The predicted octanol–water partition coefficient (Wildman–Crippen LogP) is 4.23. The number of imidazole rings is 1.